The Hall–Kier alpha value is -2.67. The Balaban J connectivity index is 1.54. The van der Waals surface area contributed by atoms with E-state index in [1.165, 1.54) is 6.92 Å². The van der Waals surface area contributed by atoms with Crippen molar-refractivity contribution in [1.29, 1.82) is 0 Å². The van der Waals surface area contributed by atoms with Gasteiger partial charge in [-0.3, -0.25) is 4.79 Å². The van der Waals surface area contributed by atoms with Crippen molar-refractivity contribution < 1.29 is 14.3 Å². The van der Waals surface area contributed by atoms with Crippen LogP contribution in [-0.2, 0) is 0 Å². The van der Waals surface area contributed by atoms with Crippen molar-refractivity contribution in [1.82, 2.24) is 15.3 Å². The predicted octanol–water partition coefficient (Wildman–Crippen LogP) is 1.55. The van der Waals surface area contributed by atoms with Crippen LogP contribution in [0.5, 0.6) is 11.6 Å². The van der Waals surface area contributed by atoms with Crippen LogP contribution in [0.25, 0.3) is 0 Å². The number of hydrogen-bond acceptors (Lipinski definition) is 7. The second-order valence-corrected chi connectivity index (χ2v) is 5.70. The highest BCUT2D eigenvalue weighted by Gasteiger charge is 2.17. The van der Waals surface area contributed by atoms with Gasteiger partial charge in [-0.25, -0.2) is 9.97 Å². The third-order valence-electron chi connectivity index (χ3n) is 3.89. The topological polar surface area (TPSA) is 76.6 Å². The lowest BCUT2D eigenvalue weighted by molar-refractivity contribution is 0.101. The summed E-state index contributed by atoms with van der Waals surface area (Å²) < 4.78 is 11.4. The molecule has 0 saturated carbocycles. The van der Waals surface area contributed by atoms with Crippen LogP contribution in [0.1, 0.15) is 17.3 Å². The first-order valence-corrected chi connectivity index (χ1v) is 8.37. The normalized spacial score (nSPS) is 14.2. The molecule has 0 atom stereocenters. The van der Waals surface area contributed by atoms with Gasteiger partial charge in [-0.15, -0.1) is 0 Å². The van der Waals surface area contributed by atoms with Gasteiger partial charge in [0, 0.05) is 44.1 Å². The summed E-state index contributed by atoms with van der Waals surface area (Å²) in [6.45, 7) is 5.85. The predicted molar refractivity (Wildman–Crippen MR) is 94.6 cm³/mol. The lowest BCUT2D eigenvalue weighted by Crippen LogP contribution is -2.44. The van der Waals surface area contributed by atoms with Gasteiger partial charge in [0.2, 0.25) is 0 Å². The van der Waals surface area contributed by atoms with Crippen LogP contribution in [0.4, 0.5) is 5.82 Å². The molecule has 0 radical (unpaired) electrons. The van der Waals surface area contributed by atoms with Gasteiger partial charge in [-0.2, -0.15) is 0 Å². The van der Waals surface area contributed by atoms with Crippen molar-refractivity contribution in [3.63, 3.8) is 0 Å². The molecule has 0 bridgehead atoms. The molecular formula is C18H22N4O3. The van der Waals surface area contributed by atoms with E-state index >= 15 is 0 Å². The number of Topliss-reactive ketones (excluding diaryl/α,β-unsaturated/α-hetero) is 1. The highest BCUT2D eigenvalue weighted by molar-refractivity contribution is 5.94. The van der Waals surface area contributed by atoms with E-state index < -0.39 is 0 Å². The van der Waals surface area contributed by atoms with Gasteiger partial charge in [-0.05, 0) is 19.1 Å². The van der Waals surface area contributed by atoms with Gasteiger partial charge in [0.15, 0.2) is 11.6 Å². The minimum absolute atomic E-state index is 0.0157. The number of anilines is 1. The number of aromatic nitrogens is 2. The molecule has 0 spiro atoms. The summed E-state index contributed by atoms with van der Waals surface area (Å²) in [5.74, 6) is 1.95. The SMILES string of the molecule is CC(=O)c1cccc(OCCOc2nccnc2N2CCNCC2)c1. The summed E-state index contributed by atoms with van der Waals surface area (Å²) >= 11 is 0. The van der Waals surface area contributed by atoms with Gasteiger partial charge in [0.05, 0.1) is 0 Å². The van der Waals surface area contributed by atoms with Crippen LogP contribution in [-0.4, -0.2) is 55.1 Å². The van der Waals surface area contributed by atoms with Crippen molar-refractivity contribution in [3.05, 3.63) is 42.2 Å². The van der Waals surface area contributed by atoms with Gasteiger partial charge >= 0.3 is 0 Å². The fourth-order valence-corrected chi connectivity index (χ4v) is 2.62. The maximum Gasteiger partial charge on any atom is 0.257 e. The zero-order valence-corrected chi connectivity index (χ0v) is 14.3. The van der Waals surface area contributed by atoms with Crippen molar-refractivity contribution in [2.45, 2.75) is 6.92 Å². The van der Waals surface area contributed by atoms with E-state index in [0.717, 1.165) is 32.0 Å². The number of ketones is 1. The van der Waals surface area contributed by atoms with E-state index in [4.69, 9.17) is 9.47 Å². The van der Waals surface area contributed by atoms with Crippen LogP contribution in [0.15, 0.2) is 36.7 Å². The van der Waals surface area contributed by atoms with Crippen molar-refractivity contribution in [2.24, 2.45) is 0 Å². The third-order valence-corrected chi connectivity index (χ3v) is 3.89. The standard InChI is InChI=1S/C18H22N4O3/c1-14(23)15-3-2-4-16(13-15)24-11-12-25-18-17(20-5-6-21-18)22-9-7-19-8-10-22/h2-6,13,19H,7-12H2,1H3. The maximum absolute atomic E-state index is 11.4. The maximum atomic E-state index is 11.4. The molecule has 0 unspecified atom stereocenters. The number of nitrogens with one attached hydrogen (secondary N) is 1. The van der Waals surface area contributed by atoms with E-state index in [2.05, 4.69) is 20.2 Å². The molecule has 1 aliphatic rings. The summed E-state index contributed by atoms with van der Waals surface area (Å²) in [5, 5.41) is 3.31. The lowest BCUT2D eigenvalue weighted by atomic mass is 10.1. The molecule has 2 aromatic rings. The number of ether oxygens (including phenoxy) is 2. The molecule has 0 aliphatic carbocycles. The zero-order chi connectivity index (χ0) is 17.5. The molecular weight excluding hydrogens is 320 g/mol. The number of carbonyl (C=O) groups is 1. The molecule has 132 valence electrons. The molecule has 1 aromatic carbocycles. The first kappa shape index (κ1) is 17.2. The number of nitrogens with zero attached hydrogens (tertiary/aromatic N) is 3. The molecule has 2 heterocycles. The minimum atomic E-state index is 0.0157. The van der Waals surface area contributed by atoms with Gasteiger partial charge in [-0.1, -0.05) is 12.1 Å². The van der Waals surface area contributed by atoms with Gasteiger partial charge < -0.3 is 19.7 Å². The fourth-order valence-electron chi connectivity index (χ4n) is 2.62. The molecule has 1 aliphatic heterocycles. The number of hydrogen-bond donors (Lipinski definition) is 1. The Bertz CT molecular complexity index is 717. The minimum Gasteiger partial charge on any atom is -0.490 e. The Morgan fingerprint density at radius 1 is 1.16 bits per heavy atom. The van der Waals surface area contributed by atoms with Crippen LogP contribution < -0.4 is 19.7 Å². The lowest BCUT2D eigenvalue weighted by Gasteiger charge is -2.28. The van der Waals surface area contributed by atoms with Crippen molar-refractivity contribution in [2.75, 3.05) is 44.3 Å². The average Bonchev–Trinajstić information content (AvgIpc) is 2.66. The molecule has 1 fully saturated rings. The first-order chi connectivity index (χ1) is 12.2. The van der Waals surface area contributed by atoms with E-state index in [0.29, 0.717) is 30.4 Å². The summed E-state index contributed by atoms with van der Waals surface area (Å²) in [6, 6.07) is 7.13. The first-order valence-electron chi connectivity index (χ1n) is 8.37. The number of piperazine rings is 1. The monoisotopic (exact) mass is 342 g/mol. The number of benzene rings is 1. The smallest absolute Gasteiger partial charge is 0.257 e. The Kier molecular flexibility index (Phi) is 5.79. The molecule has 7 nitrogen and oxygen atoms in total. The Morgan fingerprint density at radius 2 is 1.92 bits per heavy atom. The highest BCUT2D eigenvalue weighted by Crippen LogP contribution is 2.22. The molecule has 7 heteroatoms. The van der Waals surface area contributed by atoms with Crippen LogP contribution in [0, 0.1) is 0 Å². The second kappa shape index (κ2) is 8.43. The van der Waals surface area contributed by atoms with Crippen molar-refractivity contribution in [3.8, 4) is 11.6 Å². The Morgan fingerprint density at radius 3 is 2.72 bits per heavy atom. The van der Waals surface area contributed by atoms with E-state index in [9.17, 15) is 4.79 Å². The highest BCUT2D eigenvalue weighted by atomic mass is 16.5. The number of rotatable bonds is 7. The van der Waals surface area contributed by atoms with Crippen molar-refractivity contribution >= 4 is 11.6 Å². The molecule has 3 rings (SSSR count). The molecule has 1 aromatic heterocycles. The summed E-state index contributed by atoms with van der Waals surface area (Å²) in [4.78, 5) is 22.2. The second-order valence-electron chi connectivity index (χ2n) is 5.70. The van der Waals surface area contributed by atoms with Crippen LogP contribution in [0.3, 0.4) is 0 Å². The zero-order valence-electron chi connectivity index (χ0n) is 14.3. The molecule has 25 heavy (non-hydrogen) atoms. The quantitative estimate of drug-likeness (QED) is 0.604. The largest absolute Gasteiger partial charge is 0.490 e. The van der Waals surface area contributed by atoms with E-state index in [-0.39, 0.29) is 5.78 Å². The van der Waals surface area contributed by atoms with E-state index in [1.807, 2.05) is 6.07 Å². The van der Waals surface area contributed by atoms with Gasteiger partial charge in [0.1, 0.15) is 19.0 Å². The third kappa shape index (κ3) is 4.67. The summed E-state index contributed by atoms with van der Waals surface area (Å²) in [7, 11) is 0. The van der Waals surface area contributed by atoms with E-state index in [1.54, 1.807) is 30.6 Å². The van der Waals surface area contributed by atoms with Gasteiger partial charge in [0.25, 0.3) is 5.88 Å². The molecule has 1 N–H and O–H groups in total. The Labute approximate surface area is 147 Å². The van der Waals surface area contributed by atoms with Crippen LogP contribution in [0.2, 0.25) is 0 Å². The molecule has 0 amide bonds. The molecule has 1 saturated heterocycles. The fraction of sp³-hybridized carbons (Fsp3) is 0.389. The summed E-state index contributed by atoms with van der Waals surface area (Å²) in [6.07, 6.45) is 3.30. The number of carbonyl (C=O) groups excluding carboxylic acids is 1. The van der Waals surface area contributed by atoms with Crippen LogP contribution >= 0.6 is 0 Å². The summed E-state index contributed by atoms with van der Waals surface area (Å²) in [5.41, 5.74) is 0.633. The average molecular weight is 342 g/mol.